The van der Waals surface area contributed by atoms with E-state index in [1.54, 1.807) is 0 Å². The average Bonchev–Trinajstić information content (AvgIpc) is 2.19. The van der Waals surface area contributed by atoms with E-state index >= 15 is 0 Å². The number of halogens is 5. The number of carboxylic acid groups (broad SMARTS) is 1. The van der Waals surface area contributed by atoms with Crippen LogP contribution in [0.25, 0.3) is 0 Å². The number of hydrogen-bond acceptors (Lipinski definition) is 2. The molecule has 0 amide bonds. The second-order valence-corrected chi connectivity index (χ2v) is 2.91. The fourth-order valence-electron chi connectivity index (χ4n) is 0.965. The van der Waals surface area contributed by atoms with Gasteiger partial charge in [-0.1, -0.05) is 0 Å². The Hall–Kier alpha value is -1.86. The molecule has 0 fully saturated rings. The molecule has 1 aromatic carbocycles. The highest BCUT2D eigenvalue weighted by atomic mass is 19.4. The van der Waals surface area contributed by atoms with Crippen molar-refractivity contribution in [2.24, 2.45) is 0 Å². The Morgan fingerprint density at radius 3 is 2.41 bits per heavy atom. The van der Waals surface area contributed by atoms with E-state index in [1.807, 2.05) is 0 Å². The van der Waals surface area contributed by atoms with Crippen molar-refractivity contribution in [1.29, 1.82) is 0 Å². The van der Waals surface area contributed by atoms with Crippen LogP contribution in [0.2, 0.25) is 0 Å². The average molecular weight is 256 g/mol. The zero-order chi connectivity index (χ0) is 13.2. The predicted octanol–water partition coefficient (Wildman–Crippen LogP) is 2.60. The number of carboxylic acids is 1. The minimum Gasteiger partial charge on any atom is -0.476 e. The van der Waals surface area contributed by atoms with Gasteiger partial charge in [-0.2, -0.15) is 17.6 Å². The fraction of sp³-hybridized carbons (Fsp3) is 0.222. The molecule has 0 saturated carbocycles. The highest BCUT2D eigenvalue weighted by molar-refractivity contribution is 5.70. The van der Waals surface area contributed by atoms with Crippen LogP contribution in [-0.4, -0.2) is 17.4 Å². The van der Waals surface area contributed by atoms with Crippen molar-refractivity contribution in [1.82, 2.24) is 0 Å². The minimum atomic E-state index is -4.97. The molecule has 0 aliphatic carbocycles. The molecule has 1 aromatic rings. The molecule has 0 radical (unpaired) electrons. The van der Waals surface area contributed by atoms with Crippen LogP contribution in [-0.2, 0) is 11.0 Å². The summed E-state index contributed by atoms with van der Waals surface area (Å²) in [5, 5.41) is 8.13. The summed E-state index contributed by atoms with van der Waals surface area (Å²) < 4.78 is 66.0. The van der Waals surface area contributed by atoms with Crippen LogP contribution in [0.5, 0.6) is 5.75 Å². The van der Waals surface area contributed by atoms with Gasteiger partial charge in [-0.25, -0.2) is 9.18 Å². The van der Waals surface area contributed by atoms with Crippen molar-refractivity contribution < 1.29 is 36.6 Å². The van der Waals surface area contributed by atoms with E-state index < -0.39 is 35.6 Å². The normalized spacial score (nSPS) is 13.2. The summed E-state index contributed by atoms with van der Waals surface area (Å²) in [5.74, 6) is -4.29. The number of benzene rings is 1. The molecule has 0 saturated heterocycles. The summed E-state index contributed by atoms with van der Waals surface area (Å²) in [4.78, 5) is 10.1. The molecule has 0 aliphatic rings. The molecule has 0 bridgehead atoms. The zero-order valence-electron chi connectivity index (χ0n) is 7.96. The van der Waals surface area contributed by atoms with E-state index in [-0.39, 0.29) is 6.07 Å². The lowest BCUT2D eigenvalue weighted by Crippen LogP contribution is -2.21. The molecule has 1 N–H and O–H groups in total. The van der Waals surface area contributed by atoms with Gasteiger partial charge in [0, 0.05) is 0 Å². The smallest absolute Gasteiger partial charge is 0.419 e. The molecule has 3 nitrogen and oxygen atoms in total. The van der Waals surface area contributed by atoms with Gasteiger partial charge in [-0.3, -0.25) is 0 Å². The van der Waals surface area contributed by atoms with E-state index in [0.717, 1.165) is 0 Å². The Labute approximate surface area is 91.4 Å². The number of aliphatic carboxylic acids is 1. The van der Waals surface area contributed by atoms with Gasteiger partial charge >= 0.3 is 18.5 Å². The molecular formula is C9H5F5O3. The second-order valence-electron chi connectivity index (χ2n) is 2.91. The van der Waals surface area contributed by atoms with Crippen molar-refractivity contribution in [3.63, 3.8) is 0 Å². The first-order valence-electron chi connectivity index (χ1n) is 4.12. The highest BCUT2D eigenvalue weighted by Crippen LogP contribution is 2.33. The van der Waals surface area contributed by atoms with Gasteiger partial charge in [0.2, 0.25) is 0 Å². The third-order valence-electron chi connectivity index (χ3n) is 1.68. The van der Waals surface area contributed by atoms with E-state index in [2.05, 4.69) is 4.74 Å². The fourth-order valence-corrected chi connectivity index (χ4v) is 0.965. The molecule has 0 spiro atoms. The van der Waals surface area contributed by atoms with Crippen LogP contribution >= 0.6 is 0 Å². The number of hydrogen-bond donors (Lipinski definition) is 1. The lowest BCUT2D eigenvalue weighted by Gasteiger charge is -2.11. The van der Waals surface area contributed by atoms with Gasteiger partial charge in [0.25, 0.3) is 0 Å². The highest BCUT2D eigenvalue weighted by Gasteiger charge is 2.34. The Balaban J connectivity index is 3.01. The molecule has 17 heavy (non-hydrogen) atoms. The van der Waals surface area contributed by atoms with E-state index in [1.165, 1.54) is 0 Å². The number of alkyl halides is 4. The molecular weight excluding hydrogens is 251 g/mol. The summed E-state index contributed by atoms with van der Waals surface area (Å²) in [7, 11) is 0. The Kier molecular flexibility index (Phi) is 3.54. The van der Waals surface area contributed by atoms with Gasteiger partial charge in [0.15, 0.2) is 0 Å². The largest absolute Gasteiger partial charge is 0.476 e. The molecule has 0 heterocycles. The summed E-state index contributed by atoms with van der Waals surface area (Å²) in [6.07, 6.45) is -7.79. The third kappa shape index (κ3) is 3.30. The van der Waals surface area contributed by atoms with Gasteiger partial charge in [0.05, 0.1) is 5.56 Å². The molecule has 0 aromatic heterocycles. The third-order valence-corrected chi connectivity index (χ3v) is 1.68. The molecule has 0 aliphatic heterocycles. The van der Waals surface area contributed by atoms with Crippen molar-refractivity contribution in [3.05, 3.63) is 29.6 Å². The van der Waals surface area contributed by atoms with Crippen molar-refractivity contribution in [3.8, 4) is 5.75 Å². The van der Waals surface area contributed by atoms with E-state index in [4.69, 9.17) is 5.11 Å². The van der Waals surface area contributed by atoms with Crippen LogP contribution in [0.3, 0.4) is 0 Å². The topological polar surface area (TPSA) is 46.5 Å². The Bertz CT molecular complexity index is 429. The van der Waals surface area contributed by atoms with Crippen LogP contribution in [0, 0.1) is 5.82 Å². The summed E-state index contributed by atoms with van der Waals surface area (Å²) >= 11 is 0. The molecule has 8 heteroatoms. The number of carbonyl (C=O) groups is 1. The SMILES string of the molecule is O=C(O)C(F)Oc1ccc(F)c(C(F)(F)F)c1. The monoisotopic (exact) mass is 256 g/mol. The predicted molar refractivity (Wildman–Crippen MR) is 44.6 cm³/mol. The van der Waals surface area contributed by atoms with Crippen molar-refractivity contribution in [2.75, 3.05) is 0 Å². The van der Waals surface area contributed by atoms with Crippen LogP contribution in [0.15, 0.2) is 18.2 Å². The maximum Gasteiger partial charge on any atom is 0.419 e. The van der Waals surface area contributed by atoms with Gasteiger partial charge in [0.1, 0.15) is 11.6 Å². The van der Waals surface area contributed by atoms with Gasteiger partial charge in [-0.05, 0) is 18.2 Å². The van der Waals surface area contributed by atoms with E-state index in [0.29, 0.717) is 12.1 Å². The van der Waals surface area contributed by atoms with Crippen molar-refractivity contribution >= 4 is 5.97 Å². The van der Waals surface area contributed by atoms with Crippen LogP contribution < -0.4 is 4.74 Å². The maximum atomic E-state index is 12.8. The molecule has 1 rings (SSSR count). The molecule has 1 atom stereocenters. The summed E-state index contributed by atoms with van der Waals surface area (Å²) in [6.45, 7) is 0. The Morgan fingerprint density at radius 2 is 1.94 bits per heavy atom. The van der Waals surface area contributed by atoms with Gasteiger partial charge in [-0.15, -0.1) is 0 Å². The molecule has 94 valence electrons. The lowest BCUT2D eigenvalue weighted by atomic mass is 10.2. The molecule has 1 unspecified atom stereocenters. The quantitative estimate of drug-likeness (QED) is 0.845. The van der Waals surface area contributed by atoms with Crippen LogP contribution in [0.4, 0.5) is 22.0 Å². The van der Waals surface area contributed by atoms with Crippen LogP contribution in [0.1, 0.15) is 5.56 Å². The summed E-state index contributed by atoms with van der Waals surface area (Å²) in [6, 6.07) is 1.29. The number of rotatable bonds is 3. The standard InChI is InChI=1S/C9H5F5O3/c10-6-2-1-4(17-7(11)8(15)16)3-5(6)9(12,13)14/h1-3,7H,(H,15,16). The first-order chi connectivity index (χ1) is 7.71. The zero-order valence-corrected chi connectivity index (χ0v) is 7.96. The summed E-state index contributed by atoms with van der Waals surface area (Å²) in [5.41, 5.74) is -1.66. The van der Waals surface area contributed by atoms with Gasteiger partial charge < -0.3 is 9.84 Å². The first kappa shape index (κ1) is 13.2. The Morgan fingerprint density at radius 1 is 1.35 bits per heavy atom. The lowest BCUT2D eigenvalue weighted by molar-refractivity contribution is -0.153. The minimum absolute atomic E-state index is 0.185. The second kappa shape index (κ2) is 4.56. The maximum absolute atomic E-state index is 12.8. The van der Waals surface area contributed by atoms with Crippen molar-refractivity contribution in [2.45, 2.75) is 12.5 Å². The number of ether oxygens (including phenoxy) is 1. The van der Waals surface area contributed by atoms with E-state index in [9.17, 15) is 26.7 Å². The first-order valence-corrected chi connectivity index (χ1v) is 4.12.